The third-order valence-electron chi connectivity index (χ3n) is 3.36. The van der Waals surface area contributed by atoms with Gasteiger partial charge in [-0.05, 0) is 17.9 Å². The quantitative estimate of drug-likeness (QED) is 0.776. The topological polar surface area (TPSA) is 38.3 Å². The molecule has 100 valence electrons. The Labute approximate surface area is 101 Å². The van der Waals surface area contributed by atoms with Crippen molar-refractivity contribution < 1.29 is 18.3 Å². The minimum absolute atomic E-state index is 0.170. The summed E-state index contributed by atoms with van der Waals surface area (Å²) in [6.45, 7) is 9.50. The van der Waals surface area contributed by atoms with Crippen LogP contribution in [0.15, 0.2) is 0 Å². The van der Waals surface area contributed by atoms with Crippen LogP contribution in [0, 0.1) is 11.3 Å². The Kier molecular flexibility index (Phi) is 4.12. The Morgan fingerprint density at radius 1 is 1.53 bits per heavy atom. The van der Waals surface area contributed by atoms with Gasteiger partial charge < -0.3 is 10.1 Å². The van der Waals surface area contributed by atoms with Crippen LogP contribution in [0.3, 0.4) is 0 Å². The van der Waals surface area contributed by atoms with Gasteiger partial charge in [0.15, 0.2) is 0 Å². The summed E-state index contributed by atoms with van der Waals surface area (Å²) < 4.78 is 30.3. The molecule has 2 atom stereocenters. The van der Waals surface area contributed by atoms with E-state index in [0.717, 1.165) is 6.54 Å². The monoisotopic (exact) mass is 249 g/mol. The molecule has 1 N–H and O–H groups in total. The number of esters is 1. The molecule has 2 unspecified atom stereocenters. The highest BCUT2D eigenvalue weighted by molar-refractivity contribution is 5.79. The Bertz CT molecular complexity index is 287. The smallest absolute Gasteiger partial charge is 0.377 e. The van der Waals surface area contributed by atoms with Crippen molar-refractivity contribution in [2.75, 3.05) is 13.1 Å². The molecule has 1 heterocycles. The Morgan fingerprint density at radius 3 is 2.53 bits per heavy atom. The van der Waals surface area contributed by atoms with Gasteiger partial charge in [-0.15, -0.1) is 0 Å². The minimum atomic E-state index is -3.30. The number of rotatable bonds is 4. The minimum Gasteiger partial charge on any atom is -0.456 e. The molecule has 1 rings (SSSR count). The van der Waals surface area contributed by atoms with Crippen molar-refractivity contribution in [2.45, 2.75) is 46.1 Å². The second-order valence-corrected chi connectivity index (χ2v) is 5.86. The van der Waals surface area contributed by atoms with E-state index in [-0.39, 0.29) is 5.41 Å². The summed E-state index contributed by atoms with van der Waals surface area (Å²) >= 11 is 0. The van der Waals surface area contributed by atoms with Gasteiger partial charge in [0, 0.05) is 6.54 Å². The number of hydrogen-bond donors (Lipinski definition) is 1. The third-order valence-corrected chi connectivity index (χ3v) is 3.36. The van der Waals surface area contributed by atoms with Crippen molar-refractivity contribution in [1.29, 1.82) is 0 Å². The van der Waals surface area contributed by atoms with Crippen LogP contribution in [0.4, 0.5) is 8.78 Å². The highest BCUT2D eigenvalue weighted by Crippen LogP contribution is 2.30. The normalized spacial score (nSPS) is 25.8. The number of carbonyl (C=O) groups is 1. The van der Waals surface area contributed by atoms with E-state index in [4.69, 9.17) is 0 Å². The molecule has 0 spiro atoms. The summed E-state index contributed by atoms with van der Waals surface area (Å²) in [5.74, 6) is -4.28. The fraction of sp³-hybridized carbons (Fsp3) is 0.917. The number of halogens is 2. The van der Waals surface area contributed by atoms with Crippen LogP contribution >= 0.6 is 0 Å². The summed E-state index contributed by atoms with van der Waals surface area (Å²) in [5, 5.41) is 3.08. The molecule has 3 nitrogen and oxygen atoms in total. The van der Waals surface area contributed by atoms with E-state index in [2.05, 4.69) is 37.7 Å². The third kappa shape index (κ3) is 3.91. The van der Waals surface area contributed by atoms with Gasteiger partial charge in [0.25, 0.3) is 0 Å². The molecule has 0 aliphatic carbocycles. The number of cyclic esters (lactones) is 1. The van der Waals surface area contributed by atoms with E-state index in [0.29, 0.717) is 12.5 Å². The molecule has 1 aliphatic rings. The molecular weight excluding hydrogens is 228 g/mol. The lowest BCUT2D eigenvalue weighted by atomic mass is 9.82. The van der Waals surface area contributed by atoms with Crippen LogP contribution in [-0.4, -0.2) is 31.1 Å². The Morgan fingerprint density at radius 2 is 2.12 bits per heavy atom. The first kappa shape index (κ1) is 14.4. The molecule has 1 fully saturated rings. The van der Waals surface area contributed by atoms with Crippen molar-refractivity contribution >= 4 is 5.97 Å². The molecule has 0 aromatic heterocycles. The van der Waals surface area contributed by atoms with Gasteiger partial charge in [-0.1, -0.05) is 27.7 Å². The van der Waals surface area contributed by atoms with Crippen LogP contribution in [0.25, 0.3) is 0 Å². The lowest BCUT2D eigenvalue weighted by Crippen LogP contribution is -2.34. The molecule has 0 aromatic carbocycles. The predicted octanol–water partition coefficient (Wildman–Crippen LogP) is 2.21. The molecule has 0 bridgehead atoms. The summed E-state index contributed by atoms with van der Waals surface area (Å²) in [6, 6.07) is 0. The van der Waals surface area contributed by atoms with Crippen LogP contribution in [0.5, 0.6) is 0 Å². The maximum atomic E-state index is 12.9. The van der Waals surface area contributed by atoms with Crippen molar-refractivity contribution in [3.8, 4) is 0 Å². The molecule has 0 aromatic rings. The molecule has 0 amide bonds. The molecule has 17 heavy (non-hydrogen) atoms. The first-order valence-corrected chi connectivity index (χ1v) is 5.92. The zero-order valence-electron chi connectivity index (χ0n) is 10.8. The molecule has 5 heteroatoms. The second-order valence-electron chi connectivity index (χ2n) is 5.86. The van der Waals surface area contributed by atoms with E-state index in [1.807, 2.05) is 0 Å². The van der Waals surface area contributed by atoms with E-state index >= 15 is 0 Å². The SMILES string of the molecule is CC(CNCC1CC(F)(F)C(=O)O1)C(C)(C)C. The highest BCUT2D eigenvalue weighted by atomic mass is 19.3. The van der Waals surface area contributed by atoms with Crippen molar-refractivity contribution in [1.82, 2.24) is 5.32 Å². The van der Waals surface area contributed by atoms with E-state index in [1.165, 1.54) is 0 Å². The summed E-state index contributed by atoms with van der Waals surface area (Å²) in [5.41, 5.74) is 0.170. The fourth-order valence-electron chi connectivity index (χ4n) is 1.53. The molecule has 0 saturated carbocycles. The summed E-state index contributed by atoms with van der Waals surface area (Å²) in [6.07, 6.45) is -1.22. The number of hydrogen-bond acceptors (Lipinski definition) is 3. The summed E-state index contributed by atoms with van der Waals surface area (Å²) in [7, 11) is 0. The predicted molar refractivity (Wildman–Crippen MR) is 60.9 cm³/mol. The highest BCUT2D eigenvalue weighted by Gasteiger charge is 2.50. The Hall–Kier alpha value is -0.710. The van der Waals surface area contributed by atoms with Crippen LogP contribution in [0.2, 0.25) is 0 Å². The van der Waals surface area contributed by atoms with Gasteiger partial charge in [-0.2, -0.15) is 8.78 Å². The van der Waals surface area contributed by atoms with Crippen LogP contribution in [-0.2, 0) is 9.53 Å². The second kappa shape index (κ2) is 4.88. The lowest BCUT2D eigenvalue weighted by Gasteiger charge is -2.27. The summed E-state index contributed by atoms with van der Waals surface area (Å²) in [4.78, 5) is 10.8. The van der Waals surface area contributed by atoms with Gasteiger partial charge in [-0.25, -0.2) is 4.79 Å². The van der Waals surface area contributed by atoms with E-state index in [1.54, 1.807) is 0 Å². The number of nitrogens with one attached hydrogen (secondary N) is 1. The van der Waals surface area contributed by atoms with Gasteiger partial charge in [0.1, 0.15) is 6.10 Å². The van der Waals surface area contributed by atoms with E-state index < -0.39 is 24.4 Å². The maximum absolute atomic E-state index is 12.9. The Balaban J connectivity index is 2.28. The van der Waals surface area contributed by atoms with Gasteiger partial charge in [0.2, 0.25) is 0 Å². The molecule has 0 radical (unpaired) electrons. The molecular formula is C12H21F2NO2. The average Bonchev–Trinajstić information content (AvgIpc) is 2.39. The molecule has 1 aliphatic heterocycles. The van der Waals surface area contributed by atoms with Crippen molar-refractivity contribution in [3.63, 3.8) is 0 Å². The number of carbonyl (C=O) groups excluding carboxylic acids is 1. The van der Waals surface area contributed by atoms with E-state index in [9.17, 15) is 13.6 Å². The fourth-order valence-corrected chi connectivity index (χ4v) is 1.53. The zero-order valence-corrected chi connectivity index (χ0v) is 10.8. The van der Waals surface area contributed by atoms with Gasteiger partial charge in [-0.3, -0.25) is 0 Å². The van der Waals surface area contributed by atoms with Crippen LogP contribution < -0.4 is 5.32 Å². The van der Waals surface area contributed by atoms with Crippen LogP contribution in [0.1, 0.15) is 34.1 Å². The standard InChI is InChI=1S/C12H21F2NO2/c1-8(11(2,3)4)6-15-7-9-5-12(13,14)10(16)17-9/h8-9,15H,5-7H2,1-4H3. The maximum Gasteiger partial charge on any atom is 0.377 e. The number of ether oxygens (including phenoxy) is 1. The van der Waals surface area contributed by atoms with Gasteiger partial charge >= 0.3 is 11.9 Å². The van der Waals surface area contributed by atoms with Crippen molar-refractivity contribution in [3.05, 3.63) is 0 Å². The molecule has 1 saturated heterocycles. The average molecular weight is 249 g/mol. The van der Waals surface area contributed by atoms with Crippen molar-refractivity contribution in [2.24, 2.45) is 11.3 Å². The zero-order chi connectivity index (χ0) is 13.3. The van der Waals surface area contributed by atoms with Gasteiger partial charge in [0.05, 0.1) is 6.42 Å². The first-order valence-electron chi connectivity index (χ1n) is 5.92. The first-order chi connectivity index (χ1) is 7.63. The largest absolute Gasteiger partial charge is 0.456 e. The lowest BCUT2D eigenvalue weighted by molar-refractivity contribution is -0.159. The number of alkyl halides is 2.